The van der Waals surface area contributed by atoms with E-state index in [0.29, 0.717) is 5.88 Å². The fourth-order valence-corrected chi connectivity index (χ4v) is 1.67. The van der Waals surface area contributed by atoms with E-state index in [0.717, 1.165) is 22.2 Å². The first kappa shape index (κ1) is 9.77. The number of benzene rings is 1. The van der Waals surface area contributed by atoms with Crippen LogP contribution in [0.5, 0.6) is 11.6 Å². The van der Waals surface area contributed by atoms with Crippen LogP contribution in [0.1, 0.15) is 5.56 Å². The molecule has 1 aromatic carbocycles. The highest BCUT2D eigenvalue weighted by atomic mass is 16.5. The quantitative estimate of drug-likeness (QED) is 0.751. The molecular formula is C12H13NO2. The van der Waals surface area contributed by atoms with Crippen LogP contribution in [0, 0.1) is 6.92 Å². The Bertz CT molecular complexity index is 494. The van der Waals surface area contributed by atoms with Crippen molar-refractivity contribution < 1.29 is 9.47 Å². The standard InChI is InChI=1S/C12H13NO2/c1-8-5-4-6-9-12(8)10(14-2)7-11(13-9)15-3/h4-7H,1-3H3. The number of methoxy groups -OCH3 is 2. The highest BCUT2D eigenvalue weighted by Crippen LogP contribution is 2.30. The topological polar surface area (TPSA) is 31.4 Å². The third-order valence-electron chi connectivity index (χ3n) is 2.41. The van der Waals surface area contributed by atoms with Gasteiger partial charge in [0.25, 0.3) is 0 Å². The second-order valence-electron chi connectivity index (χ2n) is 3.34. The van der Waals surface area contributed by atoms with E-state index >= 15 is 0 Å². The monoisotopic (exact) mass is 203 g/mol. The Morgan fingerprint density at radius 1 is 1.13 bits per heavy atom. The van der Waals surface area contributed by atoms with Gasteiger partial charge in [0.15, 0.2) is 0 Å². The molecule has 0 aliphatic rings. The van der Waals surface area contributed by atoms with Crippen molar-refractivity contribution in [1.82, 2.24) is 4.98 Å². The van der Waals surface area contributed by atoms with Gasteiger partial charge in [-0.1, -0.05) is 12.1 Å². The van der Waals surface area contributed by atoms with E-state index in [1.807, 2.05) is 25.1 Å². The van der Waals surface area contributed by atoms with Crippen LogP contribution >= 0.6 is 0 Å². The van der Waals surface area contributed by atoms with Gasteiger partial charge in [-0.25, -0.2) is 4.98 Å². The van der Waals surface area contributed by atoms with Gasteiger partial charge in [0.05, 0.1) is 19.7 Å². The highest BCUT2D eigenvalue weighted by molar-refractivity contribution is 5.88. The third-order valence-corrected chi connectivity index (χ3v) is 2.41. The summed E-state index contributed by atoms with van der Waals surface area (Å²) in [4.78, 5) is 4.36. The van der Waals surface area contributed by atoms with E-state index in [4.69, 9.17) is 9.47 Å². The summed E-state index contributed by atoms with van der Waals surface area (Å²) in [5, 5.41) is 1.04. The van der Waals surface area contributed by atoms with E-state index in [1.54, 1.807) is 20.3 Å². The second kappa shape index (κ2) is 3.77. The predicted molar refractivity (Wildman–Crippen MR) is 59.6 cm³/mol. The molecule has 0 bridgehead atoms. The number of hydrogen-bond acceptors (Lipinski definition) is 3. The maximum atomic E-state index is 5.33. The van der Waals surface area contributed by atoms with Gasteiger partial charge in [-0.2, -0.15) is 0 Å². The van der Waals surface area contributed by atoms with Crippen LogP contribution in [-0.2, 0) is 0 Å². The van der Waals surface area contributed by atoms with E-state index in [-0.39, 0.29) is 0 Å². The van der Waals surface area contributed by atoms with Gasteiger partial charge < -0.3 is 9.47 Å². The summed E-state index contributed by atoms with van der Waals surface area (Å²) in [7, 11) is 3.25. The average molecular weight is 203 g/mol. The fraction of sp³-hybridized carbons (Fsp3) is 0.250. The third kappa shape index (κ3) is 1.61. The van der Waals surface area contributed by atoms with Crippen molar-refractivity contribution >= 4 is 10.9 Å². The van der Waals surface area contributed by atoms with Crippen molar-refractivity contribution in [3.63, 3.8) is 0 Å². The highest BCUT2D eigenvalue weighted by Gasteiger charge is 2.08. The SMILES string of the molecule is COc1cc(OC)c2c(C)cccc2n1. The molecule has 0 fully saturated rings. The Labute approximate surface area is 88.7 Å². The minimum atomic E-state index is 0.574. The smallest absolute Gasteiger partial charge is 0.217 e. The van der Waals surface area contributed by atoms with Crippen LogP contribution in [0.4, 0.5) is 0 Å². The van der Waals surface area contributed by atoms with Crippen LogP contribution in [0.2, 0.25) is 0 Å². The number of rotatable bonds is 2. The molecule has 0 N–H and O–H groups in total. The lowest BCUT2D eigenvalue weighted by atomic mass is 10.1. The lowest BCUT2D eigenvalue weighted by Gasteiger charge is -2.09. The first-order valence-corrected chi connectivity index (χ1v) is 4.74. The van der Waals surface area contributed by atoms with Gasteiger partial charge in [0.2, 0.25) is 5.88 Å². The molecule has 78 valence electrons. The molecule has 3 heteroatoms. The molecule has 0 aliphatic heterocycles. The van der Waals surface area contributed by atoms with Crippen LogP contribution in [-0.4, -0.2) is 19.2 Å². The van der Waals surface area contributed by atoms with Gasteiger partial charge in [-0.15, -0.1) is 0 Å². The number of pyridine rings is 1. The average Bonchev–Trinajstić information content (AvgIpc) is 2.27. The Morgan fingerprint density at radius 3 is 2.60 bits per heavy atom. The first-order valence-electron chi connectivity index (χ1n) is 4.74. The molecule has 0 atom stereocenters. The molecule has 3 nitrogen and oxygen atoms in total. The van der Waals surface area contributed by atoms with Gasteiger partial charge in [-0.3, -0.25) is 0 Å². The van der Waals surface area contributed by atoms with Crippen molar-refractivity contribution in [2.75, 3.05) is 14.2 Å². The van der Waals surface area contributed by atoms with Crippen LogP contribution in [0.15, 0.2) is 24.3 Å². The molecule has 15 heavy (non-hydrogen) atoms. The Hall–Kier alpha value is -1.77. The van der Waals surface area contributed by atoms with Gasteiger partial charge in [-0.05, 0) is 18.6 Å². The van der Waals surface area contributed by atoms with Crippen molar-refractivity contribution in [1.29, 1.82) is 0 Å². The number of ether oxygens (including phenoxy) is 2. The minimum Gasteiger partial charge on any atom is -0.496 e. The first-order chi connectivity index (χ1) is 7.26. The van der Waals surface area contributed by atoms with Gasteiger partial charge >= 0.3 is 0 Å². The van der Waals surface area contributed by atoms with Crippen molar-refractivity contribution in [3.05, 3.63) is 29.8 Å². The summed E-state index contributed by atoms with van der Waals surface area (Å²) in [6, 6.07) is 7.77. The molecule has 0 saturated heterocycles. The lowest BCUT2D eigenvalue weighted by Crippen LogP contribution is -1.93. The van der Waals surface area contributed by atoms with E-state index in [2.05, 4.69) is 4.98 Å². The van der Waals surface area contributed by atoms with E-state index in [1.165, 1.54) is 0 Å². The van der Waals surface area contributed by atoms with Crippen molar-refractivity contribution in [2.24, 2.45) is 0 Å². The molecule has 1 heterocycles. The number of hydrogen-bond donors (Lipinski definition) is 0. The number of aromatic nitrogens is 1. The zero-order valence-electron chi connectivity index (χ0n) is 9.07. The van der Waals surface area contributed by atoms with E-state index < -0.39 is 0 Å². The molecule has 0 saturated carbocycles. The molecule has 0 amide bonds. The molecule has 0 aliphatic carbocycles. The molecule has 2 aromatic rings. The summed E-state index contributed by atoms with van der Waals surface area (Å²) in [6.07, 6.45) is 0. The minimum absolute atomic E-state index is 0.574. The molecular weight excluding hydrogens is 190 g/mol. The van der Waals surface area contributed by atoms with Gasteiger partial charge in [0.1, 0.15) is 5.75 Å². The van der Waals surface area contributed by atoms with Gasteiger partial charge in [0, 0.05) is 11.5 Å². The normalized spacial score (nSPS) is 10.3. The predicted octanol–water partition coefficient (Wildman–Crippen LogP) is 2.56. The van der Waals surface area contributed by atoms with Crippen LogP contribution in [0.3, 0.4) is 0 Å². The number of aryl methyl sites for hydroxylation is 1. The number of fused-ring (bicyclic) bond motifs is 1. The lowest BCUT2D eigenvalue weighted by molar-refractivity contribution is 0.386. The second-order valence-corrected chi connectivity index (χ2v) is 3.34. The Kier molecular flexibility index (Phi) is 2.46. The molecule has 0 radical (unpaired) electrons. The number of nitrogens with zero attached hydrogens (tertiary/aromatic N) is 1. The van der Waals surface area contributed by atoms with E-state index in [9.17, 15) is 0 Å². The van der Waals surface area contributed by atoms with Crippen LogP contribution < -0.4 is 9.47 Å². The maximum absolute atomic E-state index is 5.33. The van der Waals surface area contributed by atoms with Crippen LogP contribution in [0.25, 0.3) is 10.9 Å². The largest absolute Gasteiger partial charge is 0.496 e. The Morgan fingerprint density at radius 2 is 1.93 bits per heavy atom. The summed E-state index contributed by atoms with van der Waals surface area (Å²) < 4.78 is 10.4. The van der Waals surface area contributed by atoms with Crippen molar-refractivity contribution in [3.8, 4) is 11.6 Å². The fourth-order valence-electron chi connectivity index (χ4n) is 1.67. The summed E-state index contributed by atoms with van der Waals surface area (Å²) in [6.45, 7) is 2.04. The summed E-state index contributed by atoms with van der Waals surface area (Å²) in [5.41, 5.74) is 2.05. The molecule has 1 aromatic heterocycles. The van der Waals surface area contributed by atoms with Crippen molar-refractivity contribution in [2.45, 2.75) is 6.92 Å². The zero-order chi connectivity index (χ0) is 10.8. The molecule has 0 spiro atoms. The molecule has 2 rings (SSSR count). The summed E-state index contributed by atoms with van der Waals surface area (Å²) in [5.74, 6) is 1.37. The molecule has 0 unspecified atom stereocenters. The zero-order valence-corrected chi connectivity index (χ0v) is 9.07. The Balaban J connectivity index is 2.81. The maximum Gasteiger partial charge on any atom is 0.217 e. The summed E-state index contributed by atoms with van der Waals surface area (Å²) >= 11 is 0.